The van der Waals surface area contributed by atoms with E-state index in [2.05, 4.69) is 31.3 Å². The lowest BCUT2D eigenvalue weighted by atomic mass is 10.0. The molecule has 0 aliphatic rings. The van der Waals surface area contributed by atoms with Crippen molar-refractivity contribution in [3.63, 3.8) is 0 Å². The van der Waals surface area contributed by atoms with E-state index in [-0.39, 0.29) is 18.5 Å². The van der Waals surface area contributed by atoms with Crippen molar-refractivity contribution in [2.75, 3.05) is 13.2 Å². The second-order valence-corrected chi connectivity index (χ2v) is 23.2. The van der Waals surface area contributed by atoms with Crippen molar-refractivity contribution in [3.05, 3.63) is 12.2 Å². The van der Waals surface area contributed by atoms with Gasteiger partial charge < -0.3 is 20.3 Å². The molecule has 0 spiro atoms. The first-order valence-electron chi connectivity index (χ1n) is 33.4. The molecule has 0 rings (SSSR count). The Morgan fingerprint density at radius 1 is 0.370 bits per heavy atom. The zero-order valence-corrected chi connectivity index (χ0v) is 49.6. The Hall–Kier alpha value is -1.40. The van der Waals surface area contributed by atoms with Gasteiger partial charge in [-0.3, -0.25) is 9.59 Å². The number of unbranched alkanes of at least 4 members (excludes halogenated alkanes) is 50. The van der Waals surface area contributed by atoms with Gasteiger partial charge in [0.1, 0.15) is 0 Å². The van der Waals surface area contributed by atoms with E-state index in [1.165, 1.54) is 308 Å². The summed E-state index contributed by atoms with van der Waals surface area (Å²) in [5.41, 5.74) is 0. The van der Waals surface area contributed by atoms with Crippen molar-refractivity contribution in [3.8, 4) is 0 Å². The summed E-state index contributed by atoms with van der Waals surface area (Å²) >= 11 is 0. The molecule has 3 N–H and O–H groups in total. The van der Waals surface area contributed by atoms with Crippen LogP contribution in [0.2, 0.25) is 0 Å². The highest BCUT2D eigenvalue weighted by molar-refractivity contribution is 5.76. The summed E-state index contributed by atoms with van der Waals surface area (Å²) in [5, 5.41) is 23.1. The number of hydrogen-bond acceptors (Lipinski definition) is 5. The molecule has 73 heavy (non-hydrogen) atoms. The third-order valence-corrected chi connectivity index (χ3v) is 15.8. The molecule has 2 atom stereocenters. The fraction of sp³-hybridized carbons (Fsp3) is 0.940. The number of carbonyl (C=O) groups is 2. The lowest BCUT2D eigenvalue weighted by molar-refractivity contribution is -0.143. The number of amides is 1. The number of esters is 1. The van der Waals surface area contributed by atoms with Crippen LogP contribution < -0.4 is 5.32 Å². The van der Waals surface area contributed by atoms with Crippen LogP contribution in [0.25, 0.3) is 0 Å². The second-order valence-electron chi connectivity index (χ2n) is 23.2. The van der Waals surface area contributed by atoms with E-state index in [1.807, 2.05) is 0 Å². The number of carbonyl (C=O) groups excluding carboxylic acids is 2. The maximum absolute atomic E-state index is 12.4. The molecule has 0 heterocycles. The van der Waals surface area contributed by atoms with Crippen molar-refractivity contribution in [1.29, 1.82) is 0 Å². The Kier molecular flexibility index (Phi) is 61.9. The lowest BCUT2D eigenvalue weighted by Gasteiger charge is -2.22. The number of rotatable bonds is 63. The van der Waals surface area contributed by atoms with Gasteiger partial charge >= 0.3 is 5.97 Å². The summed E-state index contributed by atoms with van der Waals surface area (Å²) in [4.78, 5) is 24.5. The number of hydrogen-bond donors (Lipinski definition) is 3. The fourth-order valence-electron chi connectivity index (χ4n) is 10.7. The fourth-order valence-corrected chi connectivity index (χ4v) is 10.7. The van der Waals surface area contributed by atoms with Gasteiger partial charge in [0.25, 0.3) is 0 Å². The molecular formula is C67H131NO5. The van der Waals surface area contributed by atoms with Crippen LogP contribution in [0.4, 0.5) is 0 Å². The maximum Gasteiger partial charge on any atom is 0.305 e. The Morgan fingerprint density at radius 3 is 0.973 bits per heavy atom. The summed E-state index contributed by atoms with van der Waals surface area (Å²) in [6, 6.07) is -0.538. The van der Waals surface area contributed by atoms with Crippen LogP contribution in [0.1, 0.15) is 380 Å². The summed E-state index contributed by atoms with van der Waals surface area (Å²) in [6.07, 6.45) is 76.9. The van der Waals surface area contributed by atoms with Gasteiger partial charge in [-0.25, -0.2) is 0 Å². The molecule has 0 aromatic carbocycles. The Labute approximate surface area is 457 Å². The lowest BCUT2D eigenvalue weighted by Crippen LogP contribution is -2.45. The van der Waals surface area contributed by atoms with E-state index in [1.54, 1.807) is 0 Å². The van der Waals surface area contributed by atoms with Crippen LogP contribution in [0, 0.1) is 0 Å². The molecule has 0 aliphatic carbocycles. The molecule has 0 bridgehead atoms. The highest BCUT2D eigenvalue weighted by atomic mass is 16.5. The average molecular weight is 1030 g/mol. The van der Waals surface area contributed by atoms with Gasteiger partial charge in [0.2, 0.25) is 5.91 Å². The average Bonchev–Trinajstić information content (AvgIpc) is 3.39. The Balaban J connectivity index is 3.31. The number of ether oxygens (including phenoxy) is 1. The van der Waals surface area contributed by atoms with E-state index in [9.17, 15) is 19.8 Å². The molecule has 0 saturated heterocycles. The normalized spacial score (nSPS) is 12.5. The standard InChI is InChI=1S/C67H131NO5/c1-3-5-7-9-11-13-14-15-16-17-28-32-35-38-41-45-49-53-57-61-67(72)73-62-58-54-50-46-42-39-36-33-30-27-25-23-21-19-18-20-22-24-26-29-31-34-37-40-44-48-52-56-60-66(71)68-64(63-69)65(70)59-55-51-47-43-12-10-8-6-4-2/h18-19,64-65,69-70H,3-17,20-63H2,1-2H3,(H,68,71)/b19-18-. The van der Waals surface area contributed by atoms with E-state index in [0.717, 1.165) is 38.5 Å². The smallest absolute Gasteiger partial charge is 0.305 e. The van der Waals surface area contributed by atoms with Crippen molar-refractivity contribution in [2.45, 2.75) is 392 Å². The molecule has 6 heteroatoms. The molecule has 0 fully saturated rings. The van der Waals surface area contributed by atoms with Gasteiger partial charge in [-0.15, -0.1) is 0 Å². The molecule has 6 nitrogen and oxygen atoms in total. The minimum atomic E-state index is -0.661. The van der Waals surface area contributed by atoms with Gasteiger partial charge in [0.05, 0.1) is 25.4 Å². The zero-order valence-electron chi connectivity index (χ0n) is 49.6. The third-order valence-electron chi connectivity index (χ3n) is 15.8. The molecular weight excluding hydrogens is 899 g/mol. The molecule has 0 aromatic heterocycles. The van der Waals surface area contributed by atoms with E-state index < -0.39 is 12.1 Å². The first-order valence-corrected chi connectivity index (χ1v) is 33.4. The van der Waals surface area contributed by atoms with Crippen LogP contribution in [-0.4, -0.2) is 47.4 Å². The van der Waals surface area contributed by atoms with Gasteiger partial charge in [-0.1, -0.05) is 328 Å². The minimum Gasteiger partial charge on any atom is -0.466 e. The largest absolute Gasteiger partial charge is 0.466 e. The van der Waals surface area contributed by atoms with Crippen LogP contribution in [-0.2, 0) is 14.3 Å². The van der Waals surface area contributed by atoms with Crippen LogP contribution in [0.5, 0.6) is 0 Å². The second kappa shape index (κ2) is 63.1. The van der Waals surface area contributed by atoms with Gasteiger partial charge in [0.15, 0.2) is 0 Å². The quantitative estimate of drug-likeness (QED) is 0.0320. The van der Waals surface area contributed by atoms with Gasteiger partial charge in [0, 0.05) is 12.8 Å². The first-order chi connectivity index (χ1) is 36.0. The maximum atomic E-state index is 12.4. The van der Waals surface area contributed by atoms with E-state index in [4.69, 9.17) is 4.74 Å². The summed E-state index contributed by atoms with van der Waals surface area (Å²) < 4.78 is 5.51. The van der Waals surface area contributed by atoms with Crippen LogP contribution in [0.3, 0.4) is 0 Å². The van der Waals surface area contributed by atoms with Crippen molar-refractivity contribution in [2.24, 2.45) is 0 Å². The Bertz CT molecular complexity index is 1100. The van der Waals surface area contributed by atoms with E-state index >= 15 is 0 Å². The van der Waals surface area contributed by atoms with Gasteiger partial charge in [-0.05, 0) is 51.4 Å². The monoisotopic (exact) mass is 1030 g/mol. The molecule has 0 saturated carbocycles. The number of nitrogens with one attached hydrogen (secondary N) is 1. The predicted molar refractivity (Wildman–Crippen MR) is 320 cm³/mol. The molecule has 2 unspecified atom stereocenters. The Morgan fingerprint density at radius 2 is 0.644 bits per heavy atom. The summed E-state index contributed by atoms with van der Waals surface area (Å²) in [6.45, 7) is 4.97. The number of aliphatic hydroxyl groups excluding tert-OH is 2. The van der Waals surface area contributed by atoms with Gasteiger partial charge in [-0.2, -0.15) is 0 Å². The highest BCUT2D eigenvalue weighted by Crippen LogP contribution is 2.18. The molecule has 0 aromatic rings. The number of allylic oxidation sites excluding steroid dienone is 2. The zero-order chi connectivity index (χ0) is 52.9. The SMILES string of the molecule is CCCCCCCCCCCCCCCCCCCCCC(=O)OCCCCCCCCCCCCCC/C=C\CCCCCCCCCCCCCCC(=O)NC(CO)C(O)CCCCCCCCCCC. The first kappa shape index (κ1) is 71.6. The topological polar surface area (TPSA) is 95.9 Å². The highest BCUT2D eigenvalue weighted by Gasteiger charge is 2.20. The van der Waals surface area contributed by atoms with Crippen LogP contribution >= 0.6 is 0 Å². The summed E-state index contributed by atoms with van der Waals surface area (Å²) in [7, 11) is 0. The molecule has 0 radical (unpaired) electrons. The molecule has 1 amide bonds. The van der Waals surface area contributed by atoms with Crippen LogP contribution in [0.15, 0.2) is 12.2 Å². The third kappa shape index (κ3) is 59.7. The molecule has 0 aliphatic heterocycles. The van der Waals surface area contributed by atoms with Crippen molar-refractivity contribution < 1.29 is 24.5 Å². The van der Waals surface area contributed by atoms with Crippen molar-refractivity contribution >= 4 is 11.9 Å². The van der Waals surface area contributed by atoms with E-state index in [0.29, 0.717) is 25.9 Å². The number of aliphatic hydroxyl groups is 2. The molecule has 434 valence electrons. The minimum absolute atomic E-state index is 0.0213. The van der Waals surface area contributed by atoms with Crippen molar-refractivity contribution in [1.82, 2.24) is 5.32 Å². The summed E-state index contributed by atoms with van der Waals surface area (Å²) in [5.74, 6) is -0.0143. The predicted octanol–water partition coefficient (Wildman–Crippen LogP) is 21.2.